The fourth-order valence-corrected chi connectivity index (χ4v) is 3.34. The summed E-state index contributed by atoms with van der Waals surface area (Å²) in [5.41, 5.74) is -0.309. The third-order valence-corrected chi connectivity index (χ3v) is 4.72. The van der Waals surface area contributed by atoms with Gasteiger partial charge in [-0.2, -0.15) is 5.26 Å². The van der Waals surface area contributed by atoms with Crippen molar-refractivity contribution in [1.29, 1.82) is 5.26 Å². The van der Waals surface area contributed by atoms with Crippen LogP contribution >= 0.6 is 0 Å². The molecule has 1 atom stereocenters. The van der Waals surface area contributed by atoms with Gasteiger partial charge in [0.15, 0.2) is 0 Å². The van der Waals surface area contributed by atoms with Gasteiger partial charge in [0, 0.05) is 12.1 Å². The maximum absolute atomic E-state index is 9.37. The standard InChI is InChI=1S/C16H29N3/c1-3-19(15-7-4-5-8-15)12-6-11-16(2,13-17)18-14-9-10-14/h14-15,18H,3-12H2,1-2H3. The van der Waals surface area contributed by atoms with E-state index in [0.29, 0.717) is 6.04 Å². The number of nitrogens with one attached hydrogen (secondary N) is 1. The van der Waals surface area contributed by atoms with Gasteiger partial charge in [-0.05, 0) is 58.5 Å². The zero-order valence-corrected chi connectivity index (χ0v) is 12.6. The molecule has 1 unspecified atom stereocenters. The van der Waals surface area contributed by atoms with E-state index in [9.17, 15) is 5.26 Å². The van der Waals surface area contributed by atoms with E-state index in [2.05, 4.69) is 30.1 Å². The van der Waals surface area contributed by atoms with Crippen LogP contribution in [0.4, 0.5) is 0 Å². The molecule has 0 heterocycles. The number of rotatable bonds is 8. The Morgan fingerprint density at radius 1 is 1.26 bits per heavy atom. The fourth-order valence-electron chi connectivity index (χ4n) is 3.34. The van der Waals surface area contributed by atoms with Crippen molar-refractivity contribution >= 4 is 0 Å². The Labute approximate surface area is 118 Å². The predicted molar refractivity (Wildman–Crippen MR) is 78.9 cm³/mol. The summed E-state index contributed by atoms with van der Waals surface area (Å²) < 4.78 is 0. The van der Waals surface area contributed by atoms with E-state index in [-0.39, 0.29) is 5.54 Å². The zero-order chi connectivity index (χ0) is 13.7. The van der Waals surface area contributed by atoms with Gasteiger partial charge in [0.1, 0.15) is 5.54 Å². The fraction of sp³-hybridized carbons (Fsp3) is 0.938. The maximum atomic E-state index is 9.37. The Morgan fingerprint density at radius 3 is 2.47 bits per heavy atom. The third-order valence-electron chi connectivity index (χ3n) is 4.72. The quantitative estimate of drug-likeness (QED) is 0.731. The van der Waals surface area contributed by atoms with E-state index in [0.717, 1.165) is 32.0 Å². The third kappa shape index (κ3) is 4.47. The van der Waals surface area contributed by atoms with Gasteiger partial charge in [0.25, 0.3) is 0 Å². The highest BCUT2D eigenvalue weighted by Gasteiger charge is 2.32. The second-order valence-corrected chi connectivity index (χ2v) is 6.53. The van der Waals surface area contributed by atoms with E-state index < -0.39 is 0 Å². The molecule has 2 saturated carbocycles. The molecule has 19 heavy (non-hydrogen) atoms. The summed E-state index contributed by atoms with van der Waals surface area (Å²) >= 11 is 0. The van der Waals surface area contributed by atoms with Crippen LogP contribution in [-0.2, 0) is 0 Å². The topological polar surface area (TPSA) is 39.1 Å². The van der Waals surface area contributed by atoms with Gasteiger partial charge in [-0.15, -0.1) is 0 Å². The predicted octanol–water partition coefficient (Wildman–Crippen LogP) is 3.07. The van der Waals surface area contributed by atoms with Gasteiger partial charge in [0.05, 0.1) is 6.07 Å². The van der Waals surface area contributed by atoms with Crippen molar-refractivity contribution in [2.45, 2.75) is 82.8 Å². The highest BCUT2D eigenvalue weighted by atomic mass is 15.1. The Hall–Kier alpha value is -0.590. The van der Waals surface area contributed by atoms with E-state index in [1.165, 1.54) is 38.5 Å². The summed E-state index contributed by atoms with van der Waals surface area (Å²) in [6, 6.07) is 3.91. The maximum Gasteiger partial charge on any atom is 0.104 e. The van der Waals surface area contributed by atoms with Crippen molar-refractivity contribution in [2.24, 2.45) is 0 Å². The number of nitriles is 1. The lowest BCUT2D eigenvalue weighted by atomic mass is 9.97. The lowest BCUT2D eigenvalue weighted by Gasteiger charge is -2.29. The first-order chi connectivity index (χ1) is 9.17. The van der Waals surface area contributed by atoms with Crippen molar-refractivity contribution in [1.82, 2.24) is 10.2 Å². The second kappa shape index (κ2) is 6.72. The van der Waals surface area contributed by atoms with Crippen LogP contribution < -0.4 is 5.32 Å². The molecule has 2 aliphatic rings. The van der Waals surface area contributed by atoms with E-state index in [1.54, 1.807) is 0 Å². The molecule has 0 aromatic rings. The SMILES string of the molecule is CCN(CCCC(C)(C#N)NC1CC1)C1CCCC1. The first kappa shape index (κ1) is 14.8. The first-order valence-electron chi connectivity index (χ1n) is 8.10. The van der Waals surface area contributed by atoms with E-state index in [1.807, 2.05) is 0 Å². The number of hydrogen-bond donors (Lipinski definition) is 1. The highest BCUT2D eigenvalue weighted by Crippen LogP contribution is 2.26. The molecule has 3 heteroatoms. The van der Waals surface area contributed by atoms with Crippen molar-refractivity contribution in [2.75, 3.05) is 13.1 Å². The average molecular weight is 263 g/mol. The van der Waals surface area contributed by atoms with Crippen LogP contribution in [0.5, 0.6) is 0 Å². The molecule has 0 aromatic carbocycles. The molecule has 0 aliphatic heterocycles. The van der Waals surface area contributed by atoms with Gasteiger partial charge in [0.2, 0.25) is 0 Å². The lowest BCUT2D eigenvalue weighted by Crippen LogP contribution is -2.43. The van der Waals surface area contributed by atoms with Gasteiger partial charge in [-0.1, -0.05) is 19.8 Å². The Morgan fingerprint density at radius 2 is 1.95 bits per heavy atom. The van der Waals surface area contributed by atoms with Crippen LogP contribution in [0.15, 0.2) is 0 Å². The molecular formula is C16H29N3. The molecule has 2 fully saturated rings. The van der Waals surface area contributed by atoms with Crippen LogP contribution in [0, 0.1) is 11.3 Å². The summed E-state index contributed by atoms with van der Waals surface area (Å²) in [5.74, 6) is 0. The average Bonchev–Trinajstić information content (AvgIpc) is 3.05. The molecule has 3 nitrogen and oxygen atoms in total. The smallest absolute Gasteiger partial charge is 0.104 e. The van der Waals surface area contributed by atoms with Crippen LogP contribution in [0.25, 0.3) is 0 Å². The normalized spacial score (nSPS) is 23.5. The van der Waals surface area contributed by atoms with E-state index in [4.69, 9.17) is 0 Å². The lowest BCUT2D eigenvalue weighted by molar-refractivity contribution is 0.199. The molecule has 108 valence electrons. The van der Waals surface area contributed by atoms with Crippen LogP contribution in [0.3, 0.4) is 0 Å². The Balaban J connectivity index is 1.72. The highest BCUT2D eigenvalue weighted by molar-refractivity contribution is 5.07. The van der Waals surface area contributed by atoms with Gasteiger partial charge < -0.3 is 4.90 Å². The molecule has 1 N–H and O–H groups in total. The molecule has 0 amide bonds. The van der Waals surface area contributed by atoms with Gasteiger partial charge in [-0.3, -0.25) is 5.32 Å². The van der Waals surface area contributed by atoms with Crippen molar-refractivity contribution in [3.8, 4) is 6.07 Å². The molecule has 2 aliphatic carbocycles. The van der Waals surface area contributed by atoms with Crippen molar-refractivity contribution in [3.63, 3.8) is 0 Å². The summed E-state index contributed by atoms with van der Waals surface area (Å²) in [7, 11) is 0. The molecule has 2 rings (SSSR count). The molecule has 0 spiro atoms. The largest absolute Gasteiger partial charge is 0.301 e. The summed E-state index contributed by atoms with van der Waals surface area (Å²) in [5, 5.41) is 12.9. The van der Waals surface area contributed by atoms with Crippen LogP contribution in [-0.4, -0.2) is 35.6 Å². The van der Waals surface area contributed by atoms with Crippen molar-refractivity contribution in [3.05, 3.63) is 0 Å². The molecule has 0 aromatic heterocycles. The minimum Gasteiger partial charge on any atom is -0.301 e. The summed E-state index contributed by atoms with van der Waals surface area (Å²) in [6.45, 7) is 6.65. The van der Waals surface area contributed by atoms with Gasteiger partial charge in [-0.25, -0.2) is 0 Å². The Kier molecular flexibility index (Phi) is 5.24. The van der Waals surface area contributed by atoms with Crippen LogP contribution in [0.1, 0.15) is 65.2 Å². The van der Waals surface area contributed by atoms with Gasteiger partial charge >= 0.3 is 0 Å². The van der Waals surface area contributed by atoms with Crippen LogP contribution in [0.2, 0.25) is 0 Å². The summed E-state index contributed by atoms with van der Waals surface area (Å²) in [6.07, 6.45) is 10.2. The number of hydrogen-bond acceptors (Lipinski definition) is 3. The second-order valence-electron chi connectivity index (χ2n) is 6.53. The first-order valence-corrected chi connectivity index (χ1v) is 8.10. The molecule has 0 radical (unpaired) electrons. The minimum absolute atomic E-state index is 0.309. The van der Waals surface area contributed by atoms with E-state index >= 15 is 0 Å². The summed E-state index contributed by atoms with van der Waals surface area (Å²) in [4.78, 5) is 2.63. The molecule has 0 bridgehead atoms. The van der Waals surface area contributed by atoms with Crippen molar-refractivity contribution < 1.29 is 0 Å². The number of nitrogens with zero attached hydrogens (tertiary/aromatic N) is 2. The zero-order valence-electron chi connectivity index (χ0n) is 12.6. The molecular weight excluding hydrogens is 234 g/mol. The Bertz CT molecular complexity index is 312. The minimum atomic E-state index is -0.309. The monoisotopic (exact) mass is 263 g/mol. The molecule has 0 saturated heterocycles.